The van der Waals surface area contributed by atoms with E-state index in [1.54, 1.807) is 0 Å². The van der Waals surface area contributed by atoms with E-state index >= 15 is 0 Å². The molecule has 0 radical (unpaired) electrons. The molecule has 1 aliphatic heterocycles. The van der Waals surface area contributed by atoms with E-state index in [4.69, 9.17) is 16.5 Å². The minimum absolute atomic E-state index is 1.000. The van der Waals surface area contributed by atoms with E-state index in [0.717, 1.165) is 86.0 Å². The van der Waals surface area contributed by atoms with Crippen LogP contribution in [0.5, 0.6) is 0 Å². The number of hydrogen-bond donors (Lipinski definition) is 0. The smallest absolute Gasteiger partial charge is 0.390 e. The molecule has 8 aromatic rings. The highest BCUT2D eigenvalue weighted by Crippen LogP contribution is 2.33. The fraction of sp³-hybridized carbons (Fsp3) is 0.143. The Hall–Kier alpha value is -5.53. The third-order valence-electron chi connectivity index (χ3n) is 12.3. The molecular formula is C56H56O4Si4. The molecule has 1 heterocycles. The summed E-state index contributed by atoms with van der Waals surface area (Å²) < 4.78 is 35.1. The van der Waals surface area contributed by atoms with E-state index in [2.05, 4.69) is 250 Å². The zero-order chi connectivity index (χ0) is 44.7. The molecule has 8 aromatic carbocycles. The molecule has 0 bridgehead atoms. The summed E-state index contributed by atoms with van der Waals surface area (Å²) in [6.45, 7) is 17.2. The number of rotatable bonds is 8. The SMILES string of the molecule is Cc1cccc([Si]2(c3cccc(C)c3)O[Si](c3cccc(C)c3)(c3cccc(C)c3)O[Si](c3cccc(C)c3)(c3cccc(C)c3)O[Si](c3cccc(C)c3)(c3cccc(C)c3)O2)c1. The van der Waals surface area contributed by atoms with Crippen LogP contribution in [0, 0.1) is 55.4 Å². The van der Waals surface area contributed by atoms with Crippen molar-refractivity contribution >= 4 is 75.7 Å². The van der Waals surface area contributed by atoms with Gasteiger partial charge in [0.1, 0.15) is 0 Å². The van der Waals surface area contributed by atoms with Crippen molar-refractivity contribution < 1.29 is 16.5 Å². The predicted octanol–water partition coefficient (Wildman–Crippen LogP) is 7.56. The van der Waals surface area contributed by atoms with Gasteiger partial charge in [0.2, 0.25) is 0 Å². The topological polar surface area (TPSA) is 36.9 Å². The summed E-state index contributed by atoms with van der Waals surface area (Å²) >= 11 is 0. The molecule has 0 saturated carbocycles. The van der Waals surface area contributed by atoms with Gasteiger partial charge >= 0.3 is 34.2 Å². The molecule has 320 valence electrons. The molecular weight excluding hydrogens is 849 g/mol. The first-order valence-corrected chi connectivity index (χ1v) is 29.5. The second kappa shape index (κ2) is 17.5. The van der Waals surface area contributed by atoms with E-state index in [9.17, 15) is 0 Å². The first-order valence-electron chi connectivity index (χ1n) is 22.2. The van der Waals surface area contributed by atoms with Crippen LogP contribution in [-0.2, 0) is 16.5 Å². The van der Waals surface area contributed by atoms with Crippen molar-refractivity contribution in [3.8, 4) is 0 Å². The standard InChI is InChI=1S/C56H56O4Si4/c1-41-17-9-25-49(33-41)61(50-26-10-18-42(2)34-50)57-62(51-27-11-19-43(3)35-51,52-28-12-20-44(4)36-52)59-64(55-31-15-23-47(7)39-55,56-32-16-24-48(8)40-56)60-63(58-61,53-29-13-21-45(5)37-53)54-30-14-22-46(6)38-54/h9-40H,1-8H3. The van der Waals surface area contributed by atoms with E-state index in [1.807, 2.05) is 0 Å². The summed E-state index contributed by atoms with van der Waals surface area (Å²) in [4.78, 5) is 0. The first-order chi connectivity index (χ1) is 30.8. The third-order valence-corrected chi connectivity index (χ3v) is 30.1. The van der Waals surface area contributed by atoms with Gasteiger partial charge in [0.05, 0.1) is 0 Å². The Labute approximate surface area is 384 Å². The van der Waals surface area contributed by atoms with Crippen molar-refractivity contribution in [1.82, 2.24) is 0 Å². The van der Waals surface area contributed by atoms with E-state index in [0.29, 0.717) is 0 Å². The maximum atomic E-state index is 8.77. The van der Waals surface area contributed by atoms with Gasteiger partial charge in [0.25, 0.3) is 0 Å². The average molecular weight is 905 g/mol. The van der Waals surface area contributed by atoms with Crippen molar-refractivity contribution in [3.05, 3.63) is 239 Å². The quantitative estimate of drug-likeness (QED) is 0.148. The molecule has 0 aliphatic carbocycles. The Balaban J connectivity index is 1.56. The normalized spacial score (nSPS) is 16.4. The fourth-order valence-corrected chi connectivity index (χ4v) is 32.7. The second-order valence-corrected chi connectivity index (χ2v) is 30.6. The molecule has 0 N–H and O–H groups in total. The van der Waals surface area contributed by atoms with Gasteiger partial charge in [-0.05, 0) is 96.9 Å². The lowest BCUT2D eigenvalue weighted by Gasteiger charge is -2.54. The van der Waals surface area contributed by atoms with Gasteiger partial charge in [0, 0.05) is 0 Å². The van der Waals surface area contributed by atoms with Crippen LogP contribution in [0.15, 0.2) is 194 Å². The first kappa shape index (κ1) is 43.7. The van der Waals surface area contributed by atoms with Gasteiger partial charge in [0.15, 0.2) is 0 Å². The number of hydrogen-bond acceptors (Lipinski definition) is 4. The van der Waals surface area contributed by atoms with Crippen molar-refractivity contribution in [1.29, 1.82) is 0 Å². The van der Waals surface area contributed by atoms with Crippen LogP contribution in [0.25, 0.3) is 0 Å². The minimum Gasteiger partial charge on any atom is -0.402 e. The molecule has 64 heavy (non-hydrogen) atoms. The largest absolute Gasteiger partial charge is 0.402 e. The van der Waals surface area contributed by atoms with Crippen LogP contribution < -0.4 is 41.5 Å². The Bertz CT molecular complexity index is 2400. The lowest BCUT2D eigenvalue weighted by atomic mass is 10.2. The molecule has 0 atom stereocenters. The van der Waals surface area contributed by atoms with Crippen LogP contribution in [0.4, 0.5) is 0 Å². The van der Waals surface area contributed by atoms with Gasteiger partial charge in [-0.2, -0.15) is 0 Å². The molecule has 1 fully saturated rings. The molecule has 8 heteroatoms. The highest BCUT2D eigenvalue weighted by molar-refractivity contribution is 7.16. The molecule has 0 aromatic heterocycles. The summed E-state index contributed by atoms with van der Waals surface area (Å²) in [7, 11) is -16.2. The average Bonchev–Trinajstić information content (AvgIpc) is 3.27. The summed E-state index contributed by atoms with van der Waals surface area (Å²) in [6, 6.07) is 70.3. The second-order valence-electron chi connectivity index (χ2n) is 17.8. The monoisotopic (exact) mass is 904 g/mol. The molecule has 9 rings (SSSR count). The van der Waals surface area contributed by atoms with Crippen LogP contribution in [-0.4, -0.2) is 34.2 Å². The Morgan fingerprint density at radius 2 is 0.328 bits per heavy atom. The van der Waals surface area contributed by atoms with Crippen LogP contribution in [0.1, 0.15) is 44.5 Å². The molecule has 1 saturated heterocycles. The van der Waals surface area contributed by atoms with Gasteiger partial charge in [-0.1, -0.05) is 239 Å². The van der Waals surface area contributed by atoms with Gasteiger partial charge < -0.3 is 16.5 Å². The summed E-state index contributed by atoms with van der Waals surface area (Å²) in [6.07, 6.45) is 0. The maximum absolute atomic E-state index is 8.77. The van der Waals surface area contributed by atoms with Gasteiger partial charge in [-0.15, -0.1) is 0 Å². The zero-order valence-corrected chi connectivity index (χ0v) is 42.1. The predicted molar refractivity (Wildman–Crippen MR) is 274 cm³/mol. The third kappa shape index (κ3) is 8.10. The van der Waals surface area contributed by atoms with Crippen molar-refractivity contribution in [3.63, 3.8) is 0 Å². The Morgan fingerprint density at radius 1 is 0.203 bits per heavy atom. The minimum atomic E-state index is -4.04. The van der Waals surface area contributed by atoms with Gasteiger partial charge in [-0.3, -0.25) is 0 Å². The number of aryl methyl sites for hydroxylation is 8. The molecule has 0 unspecified atom stereocenters. The van der Waals surface area contributed by atoms with Crippen molar-refractivity contribution in [2.45, 2.75) is 55.4 Å². The highest BCUT2D eigenvalue weighted by atomic mass is 28.5. The fourth-order valence-electron chi connectivity index (χ4n) is 9.30. The molecule has 4 nitrogen and oxygen atoms in total. The van der Waals surface area contributed by atoms with E-state index in [-0.39, 0.29) is 0 Å². The van der Waals surface area contributed by atoms with Crippen LogP contribution >= 0.6 is 0 Å². The summed E-state index contributed by atoms with van der Waals surface area (Å²) in [5.41, 5.74) is 8.95. The molecule has 0 amide bonds. The molecule has 0 spiro atoms. The van der Waals surface area contributed by atoms with E-state index < -0.39 is 34.2 Å². The lowest BCUT2D eigenvalue weighted by molar-refractivity contribution is 0.268. The summed E-state index contributed by atoms with van der Waals surface area (Å²) in [5.74, 6) is 0. The molecule has 1 aliphatic rings. The van der Waals surface area contributed by atoms with Gasteiger partial charge in [-0.25, -0.2) is 0 Å². The zero-order valence-electron chi connectivity index (χ0n) is 38.1. The van der Waals surface area contributed by atoms with Crippen LogP contribution in [0.2, 0.25) is 0 Å². The Morgan fingerprint density at radius 3 is 0.438 bits per heavy atom. The number of benzene rings is 8. The maximum Gasteiger partial charge on any atom is 0.390 e. The van der Waals surface area contributed by atoms with Crippen molar-refractivity contribution in [2.75, 3.05) is 0 Å². The van der Waals surface area contributed by atoms with E-state index in [1.165, 1.54) is 0 Å². The van der Waals surface area contributed by atoms with Crippen molar-refractivity contribution in [2.24, 2.45) is 0 Å². The summed E-state index contributed by atoms with van der Waals surface area (Å²) in [5, 5.41) is 8.00. The Kier molecular flexibility index (Phi) is 11.9. The lowest BCUT2D eigenvalue weighted by Crippen LogP contribution is -2.88. The van der Waals surface area contributed by atoms with Crippen LogP contribution in [0.3, 0.4) is 0 Å². The highest BCUT2D eigenvalue weighted by Gasteiger charge is 2.68.